The maximum absolute atomic E-state index is 13.2. The van der Waals surface area contributed by atoms with Crippen molar-refractivity contribution in [2.45, 2.75) is 99.1 Å². The van der Waals surface area contributed by atoms with E-state index in [-0.39, 0.29) is 17.6 Å². The number of nitrogens with zero attached hydrogens (tertiary/aromatic N) is 1. The SMILES string of the molecule is CCCCCCCC1(c2cccc(Cl)c2)NC(=O)NC1=O.CN(C)c1cccc2c(S(=O)(=O)CCCCCCC3(c4cccc(Cl)c4)NC(=O)NC3=O)cccc12.O=C1NC(=O)C(c2ccccc2)(c2ccccc2)N1. The highest BCUT2D eigenvalue weighted by atomic mass is 35.5. The molecule has 3 fully saturated rings. The largest absolute Gasteiger partial charge is 0.377 e. The molecule has 76 heavy (non-hydrogen) atoms. The summed E-state index contributed by atoms with van der Waals surface area (Å²) in [4.78, 5) is 74.7. The highest BCUT2D eigenvalue weighted by Gasteiger charge is 2.50. The van der Waals surface area contributed by atoms with E-state index in [1.54, 1.807) is 54.6 Å². The minimum absolute atomic E-state index is 0.0506. The number of unbranched alkanes of at least 4 members (excludes halogenated alkanes) is 7. The Bertz CT molecular complexity index is 3160. The van der Waals surface area contributed by atoms with Crippen molar-refractivity contribution in [2.75, 3.05) is 24.7 Å². The number of benzene rings is 6. The minimum Gasteiger partial charge on any atom is -0.377 e. The Balaban J connectivity index is 0.000000179. The van der Waals surface area contributed by atoms with E-state index in [1.165, 1.54) is 12.8 Å². The van der Waals surface area contributed by atoms with Crippen LogP contribution in [0.3, 0.4) is 0 Å². The fourth-order valence-corrected chi connectivity index (χ4v) is 12.0. The normalized spacial score (nSPS) is 18.5. The topological polar surface area (TPSA) is 212 Å². The molecule has 18 heteroatoms. The second-order valence-corrected chi connectivity index (χ2v) is 22.2. The van der Waals surface area contributed by atoms with Crippen LogP contribution < -0.4 is 36.8 Å². The van der Waals surface area contributed by atoms with Crippen molar-refractivity contribution in [3.8, 4) is 0 Å². The number of fused-ring (bicyclic) bond motifs is 1. The number of urea groups is 3. The molecule has 0 radical (unpaired) electrons. The van der Waals surface area contributed by atoms with E-state index in [0.29, 0.717) is 52.6 Å². The summed E-state index contributed by atoms with van der Waals surface area (Å²) in [6, 6.07) is 42.2. The summed E-state index contributed by atoms with van der Waals surface area (Å²) >= 11 is 12.1. The van der Waals surface area contributed by atoms with E-state index in [1.807, 2.05) is 110 Å². The molecule has 6 aromatic carbocycles. The molecule has 9 amide bonds. The van der Waals surface area contributed by atoms with Crippen LogP contribution in [0.15, 0.2) is 150 Å². The number of hydrogen-bond donors (Lipinski definition) is 6. The fraction of sp³-hybridized carbons (Fsp3) is 0.310. The molecule has 3 heterocycles. The van der Waals surface area contributed by atoms with Crippen LogP contribution in [0.2, 0.25) is 10.0 Å². The van der Waals surface area contributed by atoms with Crippen molar-refractivity contribution in [2.24, 2.45) is 0 Å². The predicted molar refractivity (Wildman–Crippen MR) is 297 cm³/mol. The van der Waals surface area contributed by atoms with Gasteiger partial charge in [0, 0.05) is 40.6 Å². The lowest BCUT2D eigenvalue weighted by molar-refractivity contribution is -0.125. The molecule has 0 bridgehead atoms. The first-order chi connectivity index (χ1) is 36.5. The number of hydrogen-bond acceptors (Lipinski definition) is 9. The van der Waals surface area contributed by atoms with Gasteiger partial charge in [0.15, 0.2) is 15.4 Å². The van der Waals surface area contributed by atoms with E-state index in [4.69, 9.17) is 23.2 Å². The predicted octanol–water partition coefficient (Wildman–Crippen LogP) is 10.5. The summed E-state index contributed by atoms with van der Waals surface area (Å²) < 4.78 is 26.4. The summed E-state index contributed by atoms with van der Waals surface area (Å²) in [6.45, 7) is 2.16. The molecule has 2 unspecified atom stereocenters. The van der Waals surface area contributed by atoms with E-state index >= 15 is 0 Å². The number of imide groups is 3. The average Bonchev–Trinajstić information content (AvgIpc) is 4.02. The Morgan fingerprint density at radius 3 is 1.34 bits per heavy atom. The molecule has 15 nitrogen and oxygen atoms in total. The van der Waals surface area contributed by atoms with Crippen LogP contribution in [0, 0.1) is 0 Å². The Labute approximate surface area is 453 Å². The average molecular weight is 1090 g/mol. The maximum Gasteiger partial charge on any atom is 0.322 e. The van der Waals surface area contributed by atoms with Crippen molar-refractivity contribution in [3.63, 3.8) is 0 Å². The van der Waals surface area contributed by atoms with Gasteiger partial charge in [-0.25, -0.2) is 22.8 Å². The van der Waals surface area contributed by atoms with E-state index in [0.717, 1.165) is 58.8 Å². The van der Waals surface area contributed by atoms with Crippen LogP contribution in [-0.2, 0) is 40.8 Å². The first-order valence-electron chi connectivity index (χ1n) is 25.4. The third-order valence-electron chi connectivity index (χ3n) is 13.8. The van der Waals surface area contributed by atoms with Gasteiger partial charge in [-0.3, -0.25) is 30.3 Å². The Morgan fingerprint density at radius 2 is 0.895 bits per heavy atom. The van der Waals surface area contributed by atoms with E-state index in [9.17, 15) is 37.2 Å². The van der Waals surface area contributed by atoms with Crippen LogP contribution in [0.4, 0.5) is 20.1 Å². The Hall–Kier alpha value is -7.27. The van der Waals surface area contributed by atoms with Crippen molar-refractivity contribution < 1.29 is 37.2 Å². The van der Waals surface area contributed by atoms with Gasteiger partial charge in [0.05, 0.1) is 10.6 Å². The number of sulfone groups is 1. The van der Waals surface area contributed by atoms with Crippen molar-refractivity contribution in [1.82, 2.24) is 31.9 Å². The van der Waals surface area contributed by atoms with Gasteiger partial charge in [0.25, 0.3) is 17.7 Å². The smallest absolute Gasteiger partial charge is 0.322 e. The second-order valence-electron chi connectivity index (χ2n) is 19.2. The number of carbonyl (C=O) groups is 6. The Morgan fingerprint density at radius 1 is 0.461 bits per heavy atom. The molecule has 0 spiro atoms. The lowest BCUT2D eigenvalue weighted by atomic mass is 9.83. The highest BCUT2D eigenvalue weighted by molar-refractivity contribution is 7.91. The molecule has 398 valence electrons. The molecule has 0 aliphatic carbocycles. The third-order valence-corrected chi connectivity index (χ3v) is 16.2. The number of amides is 9. The second kappa shape index (κ2) is 25.0. The summed E-state index contributed by atoms with van der Waals surface area (Å²) in [5.41, 5.74) is 0.549. The van der Waals surface area contributed by atoms with E-state index in [2.05, 4.69) is 38.8 Å². The molecule has 2 atom stereocenters. The van der Waals surface area contributed by atoms with Gasteiger partial charge in [-0.05, 0) is 77.9 Å². The summed E-state index contributed by atoms with van der Waals surface area (Å²) in [5, 5.41) is 18.0. The number of halogens is 2. The molecule has 9 rings (SSSR count). The summed E-state index contributed by atoms with van der Waals surface area (Å²) in [5.74, 6) is -0.986. The van der Waals surface area contributed by atoms with Crippen LogP contribution in [-0.4, -0.2) is 64.1 Å². The van der Waals surface area contributed by atoms with Gasteiger partial charge >= 0.3 is 18.1 Å². The molecular formula is C58H63Cl2N7O8S. The zero-order valence-electron chi connectivity index (χ0n) is 42.7. The lowest BCUT2D eigenvalue weighted by Gasteiger charge is -2.27. The number of carbonyl (C=O) groups excluding carboxylic acids is 6. The standard InChI is InChI=1S/C27H30ClN3O4S.C16H21ClN2O2.C15H12N2O2/c1-31(2)23-14-8-13-22-21(23)12-9-15-24(22)36(34,35)17-6-4-3-5-16-27(25(32)29-26(33)30-27)19-10-7-11-20(28)18-19;1-2-3-4-5-6-10-16(14(20)18-15(21)19-16)12-8-7-9-13(17)11-12;18-13-15(17-14(19)16-13,11-7-3-1-4-8-11)12-9-5-2-6-10-12/h7-15,18H,3-6,16-17H2,1-2H3,(H2,29,30,32,33);7-9,11H,2-6,10H2,1H3,(H2,18,19,20,21);1-10H,(H2,16,17,18,19). The third kappa shape index (κ3) is 12.7. The lowest BCUT2D eigenvalue weighted by Crippen LogP contribution is -2.44. The zero-order valence-corrected chi connectivity index (χ0v) is 45.0. The van der Waals surface area contributed by atoms with Gasteiger partial charge < -0.3 is 20.9 Å². The van der Waals surface area contributed by atoms with Crippen molar-refractivity contribution in [1.29, 1.82) is 0 Å². The molecule has 3 aliphatic heterocycles. The molecule has 6 aromatic rings. The Kier molecular flexibility index (Phi) is 18.6. The van der Waals surface area contributed by atoms with Gasteiger partial charge in [-0.1, -0.05) is 191 Å². The van der Waals surface area contributed by atoms with E-state index < -0.39 is 50.5 Å². The summed E-state index contributed by atoms with van der Waals surface area (Å²) in [6.07, 6.45) is 9.02. The zero-order chi connectivity index (χ0) is 54.5. The summed E-state index contributed by atoms with van der Waals surface area (Å²) in [7, 11) is 0.413. The monoisotopic (exact) mass is 1090 g/mol. The van der Waals surface area contributed by atoms with Gasteiger partial charge in [0.1, 0.15) is 11.1 Å². The first kappa shape index (κ1) is 56.5. The van der Waals surface area contributed by atoms with Crippen LogP contribution in [0.25, 0.3) is 10.8 Å². The first-order valence-corrected chi connectivity index (χ1v) is 27.8. The molecule has 6 N–H and O–H groups in total. The minimum atomic E-state index is -3.46. The van der Waals surface area contributed by atoms with Crippen LogP contribution >= 0.6 is 23.2 Å². The van der Waals surface area contributed by atoms with Gasteiger partial charge in [-0.15, -0.1) is 0 Å². The molecule has 0 saturated carbocycles. The number of rotatable bonds is 19. The fourth-order valence-electron chi connectivity index (χ4n) is 10.0. The van der Waals surface area contributed by atoms with Crippen molar-refractivity contribution >= 4 is 85.3 Å². The maximum atomic E-state index is 13.2. The highest BCUT2D eigenvalue weighted by Crippen LogP contribution is 2.36. The van der Waals surface area contributed by atoms with Crippen LogP contribution in [0.1, 0.15) is 99.8 Å². The number of anilines is 1. The number of nitrogens with one attached hydrogen (secondary N) is 6. The van der Waals surface area contributed by atoms with Gasteiger partial charge in [0.2, 0.25) is 0 Å². The van der Waals surface area contributed by atoms with Crippen LogP contribution in [0.5, 0.6) is 0 Å². The molecule has 0 aromatic heterocycles. The van der Waals surface area contributed by atoms with Gasteiger partial charge in [-0.2, -0.15) is 0 Å². The molecular weight excluding hydrogens is 1030 g/mol. The molecule has 3 saturated heterocycles. The molecule has 3 aliphatic rings. The van der Waals surface area contributed by atoms with Crippen molar-refractivity contribution in [3.05, 3.63) is 178 Å². The quantitative estimate of drug-likeness (QED) is 0.0336.